The van der Waals surface area contributed by atoms with E-state index in [-0.39, 0.29) is 23.5 Å². The van der Waals surface area contributed by atoms with Gasteiger partial charge in [0.1, 0.15) is 16.7 Å². The van der Waals surface area contributed by atoms with E-state index in [2.05, 4.69) is 27.8 Å². The molecule has 0 spiro atoms. The molecule has 1 aromatic carbocycles. The summed E-state index contributed by atoms with van der Waals surface area (Å²) in [7, 11) is -1.71. The summed E-state index contributed by atoms with van der Waals surface area (Å²) < 4.78 is 34.7. The number of rotatable bonds is 6. The standard InChI is InChI=1S/C18H29BrN2O4S/c1-5-8-20(4)11-17-13(2)10-21(14(3)12-22)26(23,24)18-7-6-15(19)9-16(18)25-17/h6-7,9,13-14,17,22H,5,8,10-12H2,1-4H3/t13-,14+,17-/m1/s1. The second kappa shape index (κ2) is 9.01. The van der Waals surface area contributed by atoms with Gasteiger partial charge in [-0.15, -0.1) is 0 Å². The van der Waals surface area contributed by atoms with Gasteiger partial charge >= 0.3 is 0 Å². The Hall–Kier alpha value is -0.670. The van der Waals surface area contributed by atoms with Crippen LogP contribution in [0.25, 0.3) is 0 Å². The number of sulfonamides is 1. The molecule has 2 rings (SSSR count). The molecule has 148 valence electrons. The van der Waals surface area contributed by atoms with Crippen LogP contribution in [0.3, 0.4) is 0 Å². The predicted molar refractivity (Wildman–Crippen MR) is 106 cm³/mol. The first-order valence-electron chi connectivity index (χ1n) is 8.98. The van der Waals surface area contributed by atoms with E-state index in [1.54, 1.807) is 25.1 Å². The number of aliphatic hydroxyl groups is 1. The lowest BCUT2D eigenvalue weighted by molar-refractivity contribution is 0.0752. The van der Waals surface area contributed by atoms with Crippen molar-refractivity contribution in [2.24, 2.45) is 5.92 Å². The van der Waals surface area contributed by atoms with Gasteiger partial charge in [0.05, 0.1) is 6.61 Å². The number of hydrogen-bond donors (Lipinski definition) is 1. The van der Waals surface area contributed by atoms with Crippen molar-refractivity contribution in [2.75, 3.05) is 33.3 Å². The Morgan fingerprint density at radius 3 is 2.77 bits per heavy atom. The van der Waals surface area contributed by atoms with Crippen LogP contribution in [0.2, 0.25) is 0 Å². The number of nitrogens with zero attached hydrogens (tertiary/aromatic N) is 2. The molecule has 26 heavy (non-hydrogen) atoms. The van der Waals surface area contributed by atoms with Crippen LogP contribution in [-0.2, 0) is 10.0 Å². The summed E-state index contributed by atoms with van der Waals surface area (Å²) in [5, 5.41) is 9.59. The summed E-state index contributed by atoms with van der Waals surface area (Å²) >= 11 is 3.40. The van der Waals surface area contributed by atoms with Crippen LogP contribution in [0.4, 0.5) is 0 Å². The molecule has 0 unspecified atom stereocenters. The van der Waals surface area contributed by atoms with Crippen molar-refractivity contribution in [3.63, 3.8) is 0 Å². The molecular weight excluding hydrogens is 420 g/mol. The Balaban J connectivity index is 2.49. The minimum absolute atomic E-state index is 0.0230. The van der Waals surface area contributed by atoms with Crippen LogP contribution in [0, 0.1) is 5.92 Å². The lowest BCUT2D eigenvalue weighted by atomic mass is 10.0. The van der Waals surface area contributed by atoms with E-state index < -0.39 is 16.1 Å². The van der Waals surface area contributed by atoms with Gasteiger partial charge in [0.2, 0.25) is 10.0 Å². The molecule has 3 atom stereocenters. The van der Waals surface area contributed by atoms with E-state index in [0.29, 0.717) is 18.8 Å². The molecule has 1 aliphatic heterocycles. The third kappa shape index (κ3) is 4.78. The van der Waals surface area contributed by atoms with Gasteiger partial charge in [0.25, 0.3) is 0 Å². The van der Waals surface area contributed by atoms with Crippen molar-refractivity contribution < 1.29 is 18.3 Å². The summed E-state index contributed by atoms with van der Waals surface area (Å²) in [6.07, 6.45) is 0.894. The molecule has 0 saturated heterocycles. The fourth-order valence-electron chi connectivity index (χ4n) is 3.20. The monoisotopic (exact) mass is 448 g/mol. The van der Waals surface area contributed by atoms with Crippen molar-refractivity contribution in [1.82, 2.24) is 9.21 Å². The highest BCUT2D eigenvalue weighted by atomic mass is 79.9. The Labute approximate surface area is 165 Å². The summed E-state index contributed by atoms with van der Waals surface area (Å²) in [5.74, 6) is 0.334. The molecule has 0 bridgehead atoms. The predicted octanol–water partition coefficient (Wildman–Crippen LogP) is 2.56. The fraction of sp³-hybridized carbons (Fsp3) is 0.667. The second-order valence-corrected chi connectivity index (χ2v) is 9.87. The first-order valence-corrected chi connectivity index (χ1v) is 11.2. The van der Waals surface area contributed by atoms with Crippen LogP contribution in [0.5, 0.6) is 5.75 Å². The Kier molecular flexibility index (Phi) is 7.50. The summed E-state index contributed by atoms with van der Waals surface area (Å²) in [5.41, 5.74) is 0. The highest BCUT2D eigenvalue weighted by Crippen LogP contribution is 2.35. The topological polar surface area (TPSA) is 70.1 Å². The quantitative estimate of drug-likeness (QED) is 0.723. The minimum Gasteiger partial charge on any atom is -0.487 e. The van der Waals surface area contributed by atoms with Crippen molar-refractivity contribution in [3.8, 4) is 5.75 Å². The molecule has 1 aromatic rings. The molecule has 1 aliphatic rings. The summed E-state index contributed by atoms with van der Waals surface area (Å²) in [6.45, 7) is 7.60. The summed E-state index contributed by atoms with van der Waals surface area (Å²) in [6, 6.07) is 4.48. The van der Waals surface area contributed by atoms with Gasteiger partial charge < -0.3 is 14.7 Å². The van der Waals surface area contributed by atoms with Crippen molar-refractivity contribution in [1.29, 1.82) is 0 Å². The van der Waals surface area contributed by atoms with E-state index in [4.69, 9.17) is 4.74 Å². The van der Waals surface area contributed by atoms with Gasteiger partial charge in [-0.3, -0.25) is 0 Å². The zero-order chi connectivity index (χ0) is 19.5. The average Bonchev–Trinajstić information content (AvgIpc) is 2.57. The maximum absolute atomic E-state index is 13.2. The molecule has 0 fully saturated rings. The molecular formula is C18H29BrN2O4S. The fourth-order valence-corrected chi connectivity index (χ4v) is 5.36. The molecule has 6 nitrogen and oxygen atoms in total. The van der Waals surface area contributed by atoms with Crippen molar-refractivity contribution in [3.05, 3.63) is 22.7 Å². The third-order valence-electron chi connectivity index (χ3n) is 4.73. The smallest absolute Gasteiger partial charge is 0.247 e. The Bertz CT molecular complexity index is 713. The number of ether oxygens (including phenoxy) is 1. The number of fused-ring (bicyclic) bond motifs is 1. The molecule has 0 aliphatic carbocycles. The molecule has 0 saturated carbocycles. The molecule has 0 aromatic heterocycles. The van der Waals surface area contributed by atoms with E-state index >= 15 is 0 Å². The van der Waals surface area contributed by atoms with Gasteiger partial charge in [0, 0.05) is 29.5 Å². The lowest BCUT2D eigenvalue weighted by Crippen LogP contribution is -2.49. The summed E-state index contributed by atoms with van der Waals surface area (Å²) in [4.78, 5) is 2.35. The first kappa shape index (κ1) is 21.6. The van der Waals surface area contributed by atoms with Crippen LogP contribution >= 0.6 is 15.9 Å². The molecule has 0 radical (unpaired) electrons. The minimum atomic E-state index is -3.75. The van der Waals surface area contributed by atoms with Gasteiger partial charge in [-0.05, 0) is 45.1 Å². The zero-order valence-electron chi connectivity index (χ0n) is 15.9. The third-order valence-corrected chi connectivity index (χ3v) is 7.24. The van der Waals surface area contributed by atoms with Crippen molar-refractivity contribution in [2.45, 2.75) is 44.2 Å². The SMILES string of the molecule is CCCN(C)C[C@H]1Oc2cc(Br)ccc2S(=O)(=O)N([C@@H](C)CO)C[C@H]1C. The lowest BCUT2D eigenvalue weighted by Gasteiger charge is -2.37. The molecule has 8 heteroatoms. The average molecular weight is 449 g/mol. The largest absolute Gasteiger partial charge is 0.487 e. The first-order chi connectivity index (χ1) is 12.2. The zero-order valence-corrected chi connectivity index (χ0v) is 18.3. The highest BCUT2D eigenvalue weighted by molar-refractivity contribution is 9.10. The maximum Gasteiger partial charge on any atom is 0.247 e. The van der Waals surface area contributed by atoms with Gasteiger partial charge in [-0.25, -0.2) is 8.42 Å². The Morgan fingerprint density at radius 1 is 1.46 bits per heavy atom. The number of halogens is 1. The molecule has 1 N–H and O–H groups in total. The highest BCUT2D eigenvalue weighted by Gasteiger charge is 2.37. The van der Waals surface area contributed by atoms with Gasteiger partial charge in [0.15, 0.2) is 0 Å². The van der Waals surface area contributed by atoms with E-state index in [1.807, 2.05) is 14.0 Å². The van der Waals surface area contributed by atoms with Crippen molar-refractivity contribution >= 4 is 26.0 Å². The number of aliphatic hydroxyl groups excluding tert-OH is 1. The van der Waals surface area contributed by atoms with Crippen LogP contribution in [0.15, 0.2) is 27.6 Å². The van der Waals surface area contributed by atoms with Crippen LogP contribution < -0.4 is 4.74 Å². The number of benzene rings is 1. The number of likely N-dealkylation sites (N-methyl/N-ethyl adjacent to an activating group) is 1. The second-order valence-electron chi connectivity index (χ2n) is 7.09. The van der Waals surface area contributed by atoms with Gasteiger partial charge in [-0.2, -0.15) is 4.31 Å². The molecule has 0 amide bonds. The van der Waals surface area contributed by atoms with Crippen LogP contribution in [-0.4, -0.2) is 68.2 Å². The van der Waals surface area contributed by atoms with Crippen LogP contribution in [0.1, 0.15) is 27.2 Å². The van der Waals surface area contributed by atoms with E-state index in [1.165, 1.54) is 4.31 Å². The van der Waals surface area contributed by atoms with E-state index in [9.17, 15) is 13.5 Å². The molecule has 1 heterocycles. The maximum atomic E-state index is 13.2. The Morgan fingerprint density at radius 2 is 2.15 bits per heavy atom. The number of hydrogen-bond acceptors (Lipinski definition) is 5. The normalized spacial score (nSPS) is 24.4. The van der Waals surface area contributed by atoms with Gasteiger partial charge in [-0.1, -0.05) is 29.8 Å². The van der Waals surface area contributed by atoms with E-state index in [0.717, 1.165) is 17.4 Å².